The zero-order chi connectivity index (χ0) is 15.2. The van der Waals surface area contributed by atoms with Gasteiger partial charge in [0.25, 0.3) is 0 Å². The number of carboxylic acid groups (broad SMARTS) is 1. The van der Waals surface area contributed by atoms with Crippen molar-refractivity contribution >= 4 is 29.3 Å². The molecule has 0 saturated carbocycles. The Balaban J connectivity index is 2.24. The van der Waals surface area contributed by atoms with E-state index in [1.165, 1.54) is 0 Å². The van der Waals surface area contributed by atoms with E-state index >= 15 is 0 Å². The molecule has 4 nitrogen and oxygen atoms in total. The van der Waals surface area contributed by atoms with E-state index in [0.717, 1.165) is 49.9 Å². The second-order valence-electron chi connectivity index (χ2n) is 5.05. The van der Waals surface area contributed by atoms with Crippen molar-refractivity contribution in [1.82, 2.24) is 0 Å². The average molecular weight is 310 g/mol. The molecule has 1 heterocycles. The summed E-state index contributed by atoms with van der Waals surface area (Å²) in [4.78, 5) is 12.9. The summed E-state index contributed by atoms with van der Waals surface area (Å²) < 4.78 is 5.69. The molecule has 21 heavy (non-hydrogen) atoms. The number of hydrogen-bond donors (Lipinski definition) is 1. The van der Waals surface area contributed by atoms with Crippen LogP contribution < -0.4 is 4.90 Å². The maximum Gasteiger partial charge on any atom is 0.328 e. The second kappa shape index (κ2) is 7.48. The second-order valence-corrected chi connectivity index (χ2v) is 5.48. The van der Waals surface area contributed by atoms with Crippen LogP contribution in [-0.4, -0.2) is 36.9 Å². The van der Waals surface area contributed by atoms with E-state index in [9.17, 15) is 4.79 Å². The number of anilines is 1. The molecule has 0 spiro atoms. The predicted octanol–water partition coefficient (Wildman–Crippen LogP) is 3.44. The Bertz CT molecular complexity index is 524. The largest absolute Gasteiger partial charge is 0.478 e. The van der Waals surface area contributed by atoms with Gasteiger partial charge in [-0.25, -0.2) is 4.79 Å². The van der Waals surface area contributed by atoms with Gasteiger partial charge in [-0.1, -0.05) is 11.6 Å². The van der Waals surface area contributed by atoms with Crippen LogP contribution in [0.5, 0.6) is 0 Å². The summed E-state index contributed by atoms with van der Waals surface area (Å²) in [5, 5.41) is 9.40. The summed E-state index contributed by atoms with van der Waals surface area (Å²) in [6.45, 7) is 4.55. The normalized spacial score (nSPS) is 18.3. The van der Waals surface area contributed by atoms with E-state index < -0.39 is 5.97 Å². The van der Waals surface area contributed by atoms with Crippen LogP contribution in [0.3, 0.4) is 0 Å². The Hall–Kier alpha value is -1.52. The summed E-state index contributed by atoms with van der Waals surface area (Å²) in [6, 6.07) is 5.55. The number of carbonyl (C=O) groups is 1. The summed E-state index contributed by atoms with van der Waals surface area (Å²) in [6.07, 6.45) is 5.15. The highest BCUT2D eigenvalue weighted by molar-refractivity contribution is 6.30. The lowest BCUT2D eigenvalue weighted by Crippen LogP contribution is -2.32. The Labute approximate surface area is 130 Å². The van der Waals surface area contributed by atoms with Crippen molar-refractivity contribution in [3.8, 4) is 0 Å². The lowest BCUT2D eigenvalue weighted by molar-refractivity contribution is -0.131. The summed E-state index contributed by atoms with van der Waals surface area (Å²) in [5.41, 5.74) is 1.79. The minimum atomic E-state index is -0.969. The van der Waals surface area contributed by atoms with Crippen molar-refractivity contribution in [3.05, 3.63) is 34.9 Å². The van der Waals surface area contributed by atoms with Gasteiger partial charge in [-0.05, 0) is 49.6 Å². The van der Waals surface area contributed by atoms with Gasteiger partial charge in [0.1, 0.15) is 0 Å². The predicted molar refractivity (Wildman–Crippen MR) is 85.0 cm³/mol. The number of halogens is 1. The molecule has 1 N–H and O–H groups in total. The molecule has 114 valence electrons. The van der Waals surface area contributed by atoms with Gasteiger partial charge in [0.05, 0.1) is 6.10 Å². The zero-order valence-corrected chi connectivity index (χ0v) is 12.8. The highest BCUT2D eigenvalue weighted by atomic mass is 35.5. The first-order valence-electron chi connectivity index (χ1n) is 7.17. The summed E-state index contributed by atoms with van der Waals surface area (Å²) >= 11 is 6.03. The van der Waals surface area contributed by atoms with Gasteiger partial charge >= 0.3 is 5.97 Å². The molecule has 0 bridgehead atoms. The van der Waals surface area contributed by atoms with Crippen LogP contribution in [0.1, 0.15) is 25.3 Å². The van der Waals surface area contributed by atoms with Gasteiger partial charge in [0.2, 0.25) is 0 Å². The lowest BCUT2D eigenvalue weighted by atomic mass is 10.1. The van der Waals surface area contributed by atoms with E-state index in [4.69, 9.17) is 21.4 Å². The molecule has 2 rings (SSSR count). The van der Waals surface area contributed by atoms with Gasteiger partial charge in [0.15, 0.2) is 0 Å². The Kier molecular flexibility index (Phi) is 5.65. The molecule has 1 unspecified atom stereocenters. The lowest BCUT2D eigenvalue weighted by Gasteiger charge is -2.27. The van der Waals surface area contributed by atoms with Crippen LogP contribution in [0.25, 0.3) is 6.08 Å². The fraction of sp³-hybridized carbons (Fsp3) is 0.438. The van der Waals surface area contributed by atoms with E-state index in [1.54, 1.807) is 12.1 Å². The van der Waals surface area contributed by atoms with E-state index in [1.807, 2.05) is 12.1 Å². The topological polar surface area (TPSA) is 49.8 Å². The van der Waals surface area contributed by atoms with E-state index in [2.05, 4.69) is 11.8 Å². The number of benzene rings is 1. The summed E-state index contributed by atoms with van der Waals surface area (Å²) in [5.74, 6) is -0.969. The molecule has 0 aromatic heterocycles. The molecule has 0 aliphatic carbocycles. The molecule has 1 atom stereocenters. The first-order valence-corrected chi connectivity index (χ1v) is 7.55. The fourth-order valence-electron chi connectivity index (χ4n) is 2.54. The van der Waals surface area contributed by atoms with Gasteiger partial charge in [-0.2, -0.15) is 0 Å². The average Bonchev–Trinajstić information content (AvgIpc) is 2.96. The van der Waals surface area contributed by atoms with Crippen molar-refractivity contribution < 1.29 is 14.6 Å². The quantitative estimate of drug-likeness (QED) is 0.818. The molecular weight excluding hydrogens is 290 g/mol. The van der Waals surface area contributed by atoms with Crippen LogP contribution in [0.15, 0.2) is 24.3 Å². The van der Waals surface area contributed by atoms with Crippen LogP contribution in [0, 0.1) is 0 Å². The third kappa shape index (κ3) is 4.48. The number of ether oxygens (including phenoxy) is 1. The van der Waals surface area contributed by atoms with Crippen LogP contribution >= 0.6 is 11.6 Å². The standard InChI is InChI=1S/C16H20ClNO3/c1-2-18(11-14-4-3-9-21-14)15-7-6-13(17)10-12(15)5-8-16(19)20/h5-8,10,14H,2-4,9,11H2,1H3,(H,19,20)/b8-5+. The number of likely N-dealkylation sites (N-methyl/N-ethyl adjacent to an activating group) is 1. The van der Waals surface area contributed by atoms with Crippen molar-refractivity contribution in [2.24, 2.45) is 0 Å². The molecule has 1 aromatic carbocycles. The monoisotopic (exact) mass is 309 g/mol. The van der Waals surface area contributed by atoms with Gasteiger partial charge in [-0.3, -0.25) is 0 Å². The van der Waals surface area contributed by atoms with Gasteiger partial charge < -0.3 is 14.7 Å². The molecule has 1 aliphatic rings. The van der Waals surface area contributed by atoms with E-state index in [0.29, 0.717) is 5.02 Å². The van der Waals surface area contributed by atoms with Crippen molar-refractivity contribution in [2.45, 2.75) is 25.9 Å². The van der Waals surface area contributed by atoms with Crippen LogP contribution in [0.2, 0.25) is 5.02 Å². The van der Waals surface area contributed by atoms with Crippen molar-refractivity contribution in [3.63, 3.8) is 0 Å². The molecule has 1 aromatic rings. The third-order valence-electron chi connectivity index (χ3n) is 3.57. The highest BCUT2D eigenvalue weighted by Crippen LogP contribution is 2.27. The van der Waals surface area contributed by atoms with Gasteiger partial charge in [-0.15, -0.1) is 0 Å². The maximum absolute atomic E-state index is 10.7. The molecule has 5 heteroatoms. The van der Waals surface area contributed by atoms with E-state index in [-0.39, 0.29) is 6.10 Å². The number of aliphatic carboxylic acids is 1. The van der Waals surface area contributed by atoms with Crippen LogP contribution in [-0.2, 0) is 9.53 Å². The smallest absolute Gasteiger partial charge is 0.328 e. The molecule has 1 fully saturated rings. The molecule has 0 radical (unpaired) electrons. The minimum Gasteiger partial charge on any atom is -0.478 e. The Morgan fingerprint density at radius 2 is 2.38 bits per heavy atom. The first kappa shape index (κ1) is 15.9. The highest BCUT2D eigenvalue weighted by Gasteiger charge is 2.19. The SMILES string of the molecule is CCN(CC1CCCO1)c1ccc(Cl)cc1/C=C/C(=O)O. The Morgan fingerprint density at radius 1 is 1.57 bits per heavy atom. The summed E-state index contributed by atoms with van der Waals surface area (Å²) in [7, 11) is 0. The Morgan fingerprint density at radius 3 is 3.00 bits per heavy atom. The number of nitrogens with zero attached hydrogens (tertiary/aromatic N) is 1. The molecule has 1 saturated heterocycles. The number of hydrogen-bond acceptors (Lipinski definition) is 3. The fourth-order valence-corrected chi connectivity index (χ4v) is 2.72. The zero-order valence-electron chi connectivity index (χ0n) is 12.1. The number of rotatable bonds is 6. The minimum absolute atomic E-state index is 0.247. The molecular formula is C16H20ClNO3. The third-order valence-corrected chi connectivity index (χ3v) is 3.80. The van der Waals surface area contributed by atoms with Crippen LogP contribution in [0.4, 0.5) is 5.69 Å². The maximum atomic E-state index is 10.7. The number of carboxylic acids is 1. The first-order chi connectivity index (χ1) is 10.1. The molecule has 1 aliphatic heterocycles. The van der Waals surface area contributed by atoms with Gasteiger partial charge in [0, 0.05) is 36.5 Å². The van der Waals surface area contributed by atoms with Crippen molar-refractivity contribution in [2.75, 3.05) is 24.6 Å². The van der Waals surface area contributed by atoms with Crippen molar-refractivity contribution in [1.29, 1.82) is 0 Å². The molecule has 0 amide bonds.